The number of hydrogen-bond acceptors (Lipinski definition) is 2. The quantitative estimate of drug-likeness (QED) is 0.142. The van der Waals surface area contributed by atoms with E-state index in [1.807, 2.05) is 217 Å². The molecule has 0 aromatic heterocycles. The molecule has 74 heavy (non-hydrogen) atoms. The van der Waals surface area contributed by atoms with Gasteiger partial charge in [0.15, 0.2) is 0 Å². The third-order valence-electron chi connectivity index (χ3n) is 7.49. The molecule has 20 heteroatoms. The van der Waals surface area contributed by atoms with Crippen LogP contribution < -0.4 is 65.2 Å². The van der Waals surface area contributed by atoms with Gasteiger partial charge >= 0.3 is 98.2 Å². The van der Waals surface area contributed by atoms with E-state index in [1.54, 1.807) is 6.55 Å². The summed E-state index contributed by atoms with van der Waals surface area (Å²) in [6, 6.07) is 50.2. The van der Waals surface area contributed by atoms with Crippen molar-refractivity contribution < 1.29 is 62.0 Å². The van der Waals surface area contributed by atoms with Crippen LogP contribution >= 0.6 is 78.1 Å². The summed E-state index contributed by atoms with van der Waals surface area (Å²) in [6.45, 7) is 17.0. The number of ether oxygens (including phenoxy) is 2. The molecule has 2 aliphatic carbocycles. The maximum absolute atomic E-state index is 6.73. The summed E-state index contributed by atoms with van der Waals surface area (Å²) < 4.78 is 9.67. The molecule has 0 heterocycles. The van der Waals surface area contributed by atoms with Gasteiger partial charge in [0.1, 0.15) is 11.6 Å². The molecule has 0 saturated carbocycles. The van der Waals surface area contributed by atoms with E-state index in [1.165, 1.54) is 15.9 Å². The van der Waals surface area contributed by atoms with Crippen LogP contribution in [0.5, 0.6) is 0 Å². The minimum atomic E-state index is -2.19. The van der Waals surface area contributed by atoms with Gasteiger partial charge in [-0.3, -0.25) is 0 Å². The van der Waals surface area contributed by atoms with Crippen LogP contribution in [0.25, 0.3) is 0 Å². The van der Waals surface area contributed by atoms with E-state index in [0.717, 1.165) is 36.6 Å². The van der Waals surface area contributed by atoms with E-state index in [4.69, 9.17) is 87.5 Å². The molecular formula is C54H67Cl11Mg4O2Si3+2. The second kappa shape index (κ2) is 66.7. The van der Waals surface area contributed by atoms with Gasteiger partial charge in [-0.15, -0.1) is 55.4 Å². The molecular weight excluding hydrogens is 1250 g/mol. The summed E-state index contributed by atoms with van der Waals surface area (Å²) in [5.41, 5.74) is 1.20. The van der Waals surface area contributed by atoms with Crippen molar-refractivity contribution in [3.8, 4) is 0 Å². The third kappa shape index (κ3) is 67.5. The Morgan fingerprint density at radius 1 is 0.486 bits per heavy atom. The summed E-state index contributed by atoms with van der Waals surface area (Å²) in [5, 5.41) is 4.39. The summed E-state index contributed by atoms with van der Waals surface area (Å²) >= 11 is 39.8. The molecule has 0 spiro atoms. The Morgan fingerprint density at radius 2 is 0.824 bits per heavy atom. The van der Waals surface area contributed by atoms with Crippen molar-refractivity contribution in [2.24, 2.45) is 0 Å². The first-order chi connectivity index (χ1) is 31.4. The zero-order chi connectivity index (χ0) is 49.8. The smallest absolute Gasteiger partial charge is 1.00 e. The van der Waals surface area contributed by atoms with Crippen LogP contribution in [0.1, 0.15) is 37.5 Å². The Morgan fingerprint density at radius 3 is 0.973 bits per heavy atom. The molecule has 0 amide bonds. The van der Waals surface area contributed by atoms with Crippen molar-refractivity contribution in [2.75, 3.05) is 26.4 Å². The van der Waals surface area contributed by atoms with Gasteiger partial charge in [0.05, 0.1) is 6.08 Å². The zero-order valence-electron chi connectivity index (χ0n) is 45.7. The van der Waals surface area contributed by atoms with Crippen LogP contribution in [0, 0.1) is 24.3 Å². The molecule has 5 aromatic rings. The second-order valence-corrected chi connectivity index (χ2v) is 36.7. The summed E-state index contributed by atoms with van der Waals surface area (Å²) in [6.07, 6.45) is 23.9. The number of halogens is 11. The standard InChI is InChI=1S/C13H13ClSi.C7H8Cl2Si.C7H7.C6H5Cl.C6H5.C6H4.2C4H10O.CH3Cl3Si.4ClH.4Mg.2H/c1-15(14,12-8-4-2-5-9-12)13-10-6-3-7-11-13;1-10(8,9)7-5-3-2-4-6-7;1-7-5-3-2-4-6-7;7-6-4-2-1-3-5-6;2*1-2-4-6-5-3-1;2*1-3-5-4-2;1-5(2,3)4;;;;;;;;;;/h2-11H,1H3;2-6H,1H3;2-5H,1H3;1-5H;1-5H;1-4H;2*3-4H2,1-2H3;1H3;4*1H;;;;;;/q;;+1;;-1;;;;;;;;;4*+2;2*-1/p-4. The molecule has 0 atom stereocenters. The van der Waals surface area contributed by atoms with Gasteiger partial charge < -0.3 is 62.0 Å². The average Bonchev–Trinajstić information content (AvgIpc) is 3.33. The van der Waals surface area contributed by atoms with Crippen LogP contribution in [0.4, 0.5) is 0 Å². The van der Waals surface area contributed by atoms with Crippen molar-refractivity contribution in [1.82, 2.24) is 0 Å². The van der Waals surface area contributed by atoms with Gasteiger partial charge in [-0.1, -0.05) is 145 Å². The fraction of sp³-hybridized carbons (Fsp3) is 0.222. The Kier molecular flexibility index (Phi) is 87.8. The van der Waals surface area contributed by atoms with Gasteiger partial charge in [-0.25, -0.2) is 0 Å². The SMILES string of the molecule is CC1=CC=CC=[C+]1.CCOCC.CCOCC.C[Si](Cl)(Cl)Cl.C[Si](Cl)(Cl)c1ccccc1.C[Si](Cl)(c1ccccc1)c1ccccc1.Clc1ccccc1.[C+]1=CC=CC=[C-]1.[Cl-].[Cl-].[Cl-].[Cl-].[H-].[H-].[Mg+2].[Mg+2].[Mg+2].[Mg+2].[c-]1ccccc1. The summed E-state index contributed by atoms with van der Waals surface area (Å²) in [7, 11) is -1.98. The van der Waals surface area contributed by atoms with Crippen molar-refractivity contribution in [3.05, 3.63) is 235 Å². The Balaban J connectivity index is -0.0000000613. The molecule has 7 rings (SSSR count). The summed E-state index contributed by atoms with van der Waals surface area (Å²) in [4.78, 5) is 0. The normalized spacial score (nSPS) is 9.96. The fourth-order valence-electron chi connectivity index (χ4n) is 4.35. The first-order valence-corrected chi connectivity index (χ1v) is 35.2. The maximum atomic E-state index is 6.73. The van der Waals surface area contributed by atoms with E-state index in [0.29, 0.717) is 0 Å². The predicted octanol–water partition coefficient (Wildman–Crippen LogP) is 3.10. The van der Waals surface area contributed by atoms with Gasteiger partial charge in [-0.05, 0) is 88.0 Å². The first-order valence-electron chi connectivity index (χ1n) is 21.3. The zero-order valence-corrected chi connectivity index (χ0v) is 60.7. The van der Waals surface area contributed by atoms with E-state index >= 15 is 0 Å². The molecule has 5 aromatic carbocycles. The van der Waals surface area contributed by atoms with Crippen LogP contribution in [0.15, 0.2) is 206 Å². The molecule has 2 nitrogen and oxygen atoms in total. The van der Waals surface area contributed by atoms with Crippen molar-refractivity contribution >= 4 is 206 Å². The summed E-state index contributed by atoms with van der Waals surface area (Å²) in [5.74, 6) is 0. The third-order valence-corrected chi connectivity index (χ3v) is 14.5. The van der Waals surface area contributed by atoms with Gasteiger partial charge in [0, 0.05) is 55.8 Å². The minimum Gasteiger partial charge on any atom is -1.00 e. The van der Waals surface area contributed by atoms with Gasteiger partial charge in [-0.2, -0.15) is 47.5 Å². The van der Waals surface area contributed by atoms with E-state index < -0.39 is 20.1 Å². The molecule has 0 saturated heterocycles. The molecule has 390 valence electrons. The van der Waals surface area contributed by atoms with E-state index in [-0.39, 0.29) is 145 Å². The molecule has 0 unspecified atom stereocenters. The van der Waals surface area contributed by atoms with E-state index in [9.17, 15) is 0 Å². The van der Waals surface area contributed by atoms with Crippen LogP contribution in [-0.2, 0) is 9.47 Å². The van der Waals surface area contributed by atoms with E-state index in [2.05, 4.69) is 55.1 Å². The average molecular weight is 1320 g/mol. The van der Waals surface area contributed by atoms with Crippen molar-refractivity contribution in [3.63, 3.8) is 0 Å². The molecule has 2 aliphatic rings. The maximum Gasteiger partial charge on any atom is 2.00 e. The van der Waals surface area contributed by atoms with Crippen molar-refractivity contribution in [2.45, 2.75) is 54.3 Å². The second-order valence-electron chi connectivity index (χ2n) is 13.3. The molecule has 0 aliphatic heterocycles. The van der Waals surface area contributed by atoms with Crippen LogP contribution in [0.3, 0.4) is 0 Å². The Labute approximate surface area is 576 Å². The number of benzene rings is 5. The van der Waals surface area contributed by atoms with Crippen molar-refractivity contribution in [1.29, 1.82) is 0 Å². The number of allylic oxidation sites excluding steroid dienone is 12. The number of hydrogen-bond donors (Lipinski definition) is 0. The predicted molar refractivity (Wildman–Crippen MR) is 330 cm³/mol. The first kappa shape index (κ1) is 97.4. The topological polar surface area (TPSA) is 18.5 Å². The Hall–Kier alpha value is 1.19. The molecule has 0 N–H and O–H groups in total. The van der Waals surface area contributed by atoms with Gasteiger partial charge in [0.2, 0.25) is 7.38 Å². The number of rotatable bonds is 7. The fourth-order valence-corrected chi connectivity index (χ4v) is 8.76. The Bertz CT molecular complexity index is 1930. The van der Waals surface area contributed by atoms with Gasteiger partial charge in [0.25, 0.3) is 6.69 Å². The molecule has 0 fully saturated rings. The van der Waals surface area contributed by atoms with Crippen LogP contribution in [-0.4, -0.2) is 139 Å². The monoisotopic (exact) mass is 1310 g/mol. The molecule has 0 bridgehead atoms. The largest absolute Gasteiger partial charge is 2.00 e. The van der Waals surface area contributed by atoms with Crippen LogP contribution in [0.2, 0.25) is 24.7 Å². The molecule has 0 radical (unpaired) electrons. The minimum absolute atomic E-state index is 0.